The highest BCUT2D eigenvalue weighted by atomic mass is 19.4. The second kappa shape index (κ2) is 12.8. The second-order valence-corrected chi connectivity index (χ2v) is 9.34. The van der Waals surface area contributed by atoms with E-state index in [2.05, 4.69) is 15.2 Å². The van der Waals surface area contributed by atoms with Crippen molar-refractivity contribution in [3.05, 3.63) is 53.0 Å². The number of nitrogens with zero attached hydrogens (tertiary/aromatic N) is 6. The zero-order valence-corrected chi connectivity index (χ0v) is 22.2. The molecule has 1 saturated heterocycles. The van der Waals surface area contributed by atoms with Gasteiger partial charge in [-0.1, -0.05) is 26.0 Å². The van der Waals surface area contributed by atoms with Crippen LogP contribution >= 0.6 is 0 Å². The van der Waals surface area contributed by atoms with E-state index in [1.165, 1.54) is 18.2 Å². The molecule has 2 aliphatic heterocycles. The zero-order valence-electron chi connectivity index (χ0n) is 22.2. The van der Waals surface area contributed by atoms with Crippen LogP contribution in [0.25, 0.3) is 10.9 Å². The Morgan fingerprint density at radius 2 is 1.82 bits per heavy atom. The highest BCUT2D eigenvalue weighted by Gasteiger charge is 2.39. The van der Waals surface area contributed by atoms with Crippen molar-refractivity contribution in [3.8, 4) is 0 Å². The molecule has 214 valence electrons. The molecule has 1 aromatic carbocycles. The molecule has 2 atom stereocenters. The molecule has 0 bridgehead atoms. The topological polar surface area (TPSA) is 67.2 Å². The fourth-order valence-corrected chi connectivity index (χ4v) is 4.86. The first-order valence-corrected chi connectivity index (χ1v) is 12.7. The van der Waals surface area contributed by atoms with Crippen molar-refractivity contribution < 1.29 is 31.1 Å². The summed E-state index contributed by atoms with van der Waals surface area (Å²) in [5.41, 5.74) is 0.782. The standard InChI is InChI=1S/C17H17F3N2O.C7H9F3N4.C2H6/c1-10-6-11(4-5-22(10)9-23)16-13-3-2-12(17(19)20)7-15(13)21-8-14(16)18;1-13-2-3-14-5(4-13)11-12-6(14)7(8,9)10;1-2/h2-3,7-11,17H,4-6H2,1H3;2-4H2,1H3;1-2H3. The van der Waals surface area contributed by atoms with E-state index in [0.717, 1.165) is 17.2 Å². The van der Waals surface area contributed by atoms with Gasteiger partial charge < -0.3 is 9.47 Å². The second-order valence-electron chi connectivity index (χ2n) is 9.34. The first kappa shape index (κ1) is 30.3. The maximum Gasteiger partial charge on any atom is 0.451 e. The van der Waals surface area contributed by atoms with Crippen molar-refractivity contribution in [1.29, 1.82) is 0 Å². The number of pyridine rings is 1. The largest absolute Gasteiger partial charge is 0.451 e. The lowest BCUT2D eigenvalue weighted by Crippen LogP contribution is -2.39. The van der Waals surface area contributed by atoms with E-state index >= 15 is 0 Å². The van der Waals surface area contributed by atoms with E-state index in [0.29, 0.717) is 61.3 Å². The number of likely N-dealkylation sites (tertiary alicyclic amines) is 1. The minimum atomic E-state index is -4.40. The third kappa shape index (κ3) is 6.87. The first-order chi connectivity index (χ1) is 18.5. The van der Waals surface area contributed by atoms with Crippen LogP contribution in [0.5, 0.6) is 0 Å². The normalized spacial score (nSPS) is 19.6. The summed E-state index contributed by atoms with van der Waals surface area (Å²) in [6.07, 6.45) is -3.77. The van der Waals surface area contributed by atoms with Gasteiger partial charge in [-0.25, -0.2) is 13.2 Å². The van der Waals surface area contributed by atoms with E-state index in [1.807, 2.05) is 32.7 Å². The zero-order chi connectivity index (χ0) is 28.9. The van der Waals surface area contributed by atoms with Crippen molar-refractivity contribution in [2.75, 3.05) is 20.1 Å². The van der Waals surface area contributed by atoms with Gasteiger partial charge in [-0.05, 0) is 38.8 Å². The Morgan fingerprint density at radius 3 is 2.44 bits per heavy atom. The first-order valence-electron chi connectivity index (χ1n) is 12.7. The lowest BCUT2D eigenvalue weighted by molar-refractivity contribution is -0.148. The minimum Gasteiger partial charge on any atom is -0.343 e. The summed E-state index contributed by atoms with van der Waals surface area (Å²) in [6.45, 7) is 7.80. The van der Waals surface area contributed by atoms with Gasteiger partial charge in [0.05, 0.1) is 18.3 Å². The van der Waals surface area contributed by atoms with E-state index < -0.39 is 24.2 Å². The van der Waals surface area contributed by atoms with E-state index in [-0.39, 0.29) is 17.5 Å². The van der Waals surface area contributed by atoms with Crippen LogP contribution in [0, 0.1) is 5.82 Å². The number of alkyl halides is 5. The molecule has 0 saturated carbocycles. The van der Waals surface area contributed by atoms with Crippen molar-refractivity contribution in [2.24, 2.45) is 0 Å². The Hall–Kier alpha value is -3.22. The van der Waals surface area contributed by atoms with Crippen molar-refractivity contribution in [3.63, 3.8) is 0 Å². The molecule has 1 amide bonds. The lowest BCUT2D eigenvalue weighted by atomic mass is 9.84. The molecule has 39 heavy (non-hydrogen) atoms. The van der Waals surface area contributed by atoms with Crippen LogP contribution < -0.4 is 0 Å². The van der Waals surface area contributed by atoms with E-state index in [4.69, 9.17) is 0 Å². The van der Waals surface area contributed by atoms with E-state index in [1.54, 1.807) is 4.90 Å². The molecule has 0 N–H and O–H groups in total. The van der Waals surface area contributed by atoms with Crippen molar-refractivity contribution in [2.45, 2.75) is 71.3 Å². The number of hydrogen-bond acceptors (Lipinski definition) is 5. The van der Waals surface area contributed by atoms with Gasteiger partial charge in [0, 0.05) is 42.2 Å². The summed E-state index contributed by atoms with van der Waals surface area (Å²) in [5.74, 6) is -0.977. The predicted octanol–water partition coefficient (Wildman–Crippen LogP) is 5.80. The molecule has 3 aromatic rings. The van der Waals surface area contributed by atoms with Crippen LogP contribution in [0.3, 0.4) is 0 Å². The number of piperidine rings is 1. The smallest absolute Gasteiger partial charge is 0.343 e. The maximum absolute atomic E-state index is 14.4. The Bertz CT molecular complexity index is 1260. The Kier molecular flexibility index (Phi) is 9.92. The molecule has 0 spiro atoms. The Morgan fingerprint density at radius 1 is 1.10 bits per heavy atom. The fraction of sp³-hybridized carbons (Fsp3) is 0.538. The highest BCUT2D eigenvalue weighted by Crippen LogP contribution is 2.37. The number of carbonyl (C=O) groups excluding carboxylic acids is 1. The highest BCUT2D eigenvalue weighted by molar-refractivity contribution is 5.83. The van der Waals surface area contributed by atoms with Crippen molar-refractivity contribution >= 4 is 17.3 Å². The molecule has 5 rings (SSSR count). The summed E-state index contributed by atoms with van der Waals surface area (Å²) in [4.78, 5) is 18.5. The third-order valence-corrected chi connectivity index (χ3v) is 6.81. The van der Waals surface area contributed by atoms with Crippen molar-refractivity contribution in [1.82, 2.24) is 29.5 Å². The molecule has 2 unspecified atom stereocenters. The van der Waals surface area contributed by atoms with Gasteiger partial charge >= 0.3 is 6.18 Å². The number of benzene rings is 1. The lowest BCUT2D eigenvalue weighted by Gasteiger charge is -2.35. The van der Waals surface area contributed by atoms with Crippen LogP contribution in [-0.4, -0.2) is 62.1 Å². The molecular formula is C26H32F6N6O. The predicted molar refractivity (Wildman–Crippen MR) is 134 cm³/mol. The van der Waals surface area contributed by atoms with Gasteiger partial charge in [-0.2, -0.15) is 13.2 Å². The number of halogens is 6. The van der Waals surface area contributed by atoms with Crippen LogP contribution in [0.1, 0.15) is 68.7 Å². The molecule has 4 heterocycles. The average Bonchev–Trinajstić information content (AvgIpc) is 3.33. The van der Waals surface area contributed by atoms with Crippen LogP contribution in [-0.2, 0) is 24.1 Å². The van der Waals surface area contributed by atoms with Gasteiger partial charge in [0.1, 0.15) is 11.6 Å². The summed E-state index contributed by atoms with van der Waals surface area (Å²) in [6, 6.07) is 4.18. The Balaban J connectivity index is 0.000000224. The maximum atomic E-state index is 14.4. The van der Waals surface area contributed by atoms with Gasteiger partial charge in [-0.3, -0.25) is 14.7 Å². The summed E-state index contributed by atoms with van der Waals surface area (Å²) >= 11 is 0. The summed E-state index contributed by atoms with van der Waals surface area (Å²) in [5, 5.41) is 7.26. The van der Waals surface area contributed by atoms with Gasteiger partial charge in [0.2, 0.25) is 12.2 Å². The summed E-state index contributed by atoms with van der Waals surface area (Å²) in [7, 11) is 1.84. The third-order valence-electron chi connectivity index (χ3n) is 6.81. The molecule has 2 aliphatic rings. The van der Waals surface area contributed by atoms with E-state index in [9.17, 15) is 31.1 Å². The Labute approximate surface area is 222 Å². The molecule has 7 nitrogen and oxygen atoms in total. The van der Waals surface area contributed by atoms with Crippen LogP contribution in [0.4, 0.5) is 26.3 Å². The molecule has 0 radical (unpaired) electrons. The molecule has 0 aliphatic carbocycles. The molecule has 2 aromatic heterocycles. The summed E-state index contributed by atoms with van der Waals surface area (Å²) < 4.78 is 78.3. The van der Waals surface area contributed by atoms with Gasteiger partial charge in [-0.15, -0.1) is 10.2 Å². The quantitative estimate of drug-likeness (QED) is 0.300. The number of carbonyl (C=O) groups is 1. The van der Waals surface area contributed by atoms with Gasteiger partial charge in [0.25, 0.3) is 6.43 Å². The monoisotopic (exact) mass is 558 g/mol. The molecule has 1 fully saturated rings. The minimum absolute atomic E-state index is 0.0224. The number of likely N-dealkylation sites (N-methyl/N-ethyl adjacent to an activating group) is 1. The number of rotatable bonds is 3. The number of fused-ring (bicyclic) bond motifs is 2. The van der Waals surface area contributed by atoms with Crippen LogP contribution in [0.2, 0.25) is 0 Å². The molecule has 13 heteroatoms. The number of amides is 1. The molecular weight excluding hydrogens is 526 g/mol. The SMILES string of the molecule is CC.CC1CC(c2c(F)cnc3cc(C(F)F)ccc23)CCN1C=O.CN1CCn2c(nnc2C(F)(F)F)C1. The van der Waals surface area contributed by atoms with Gasteiger partial charge in [0.15, 0.2) is 0 Å². The van der Waals surface area contributed by atoms with Crippen LogP contribution in [0.15, 0.2) is 24.4 Å². The average molecular weight is 559 g/mol. The number of aromatic nitrogens is 4. The fourth-order valence-electron chi connectivity index (χ4n) is 4.86. The number of hydrogen-bond donors (Lipinski definition) is 0.